The van der Waals surface area contributed by atoms with Crippen molar-refractivity contribution in [1.29, 1.82) is 0 Å². The van der Waals surface area contributed by atoms with Crippen molar-refractivity contribution < 1.29 is 4.79 Å². The van der Waals surface area contributed by atoms with Crippen LogP contribution in [-0.2, 0) is 0 Å². The summed E-state index contributed by atoms with van der Waals surface area (Å²) < 4.78 is 1.81. The van der Waals surface area contributed by atoms with E-state index in [2.05, 4.69) is 24.4 Å². The van der Waals surface area contributed by atoms with Crippen LogP contribution in [0.1, 0.15) is 43.1 Å². The molecule has 0 aliphatic carbocycles. The summed E-state index contributed by atoms with van der Waals surface area (Å²) in [4.78, 5) is 11.1. The van der Waals surface area contributed by atoms with Gasteiger partial charge in [-0.05, 0) is 12.8 Å². The Hall–Kier alpha value is -1.36. The summed E-state index contributed by atoms with van der Waals surface area (Å²) in [7, 11) is 0. The average Bonchev–Trinajstić information content (AvgIpc) is 2.68. The van der Waals surface area contributed by atoms with Crippen molar-refractivity contribution in [3.05, 3.63) is 18.0 Å². The van der Waals surface area contributed by atoms with Gasteiger partial charge in [-0.1, -0.05) is 13.8 Å². The van der Waals surface area contributed by atoms with Crippen LogP contribution < -0.4 is 11.3 Å². The van der Waals surface area contributed by atoms with E-state index in [9.17, 15) is 4.79 Å². The summed E-state index contributed by atoms with van der Waals surface area (Å²) in [5.74, 6) is 4.71. The summed E-state index contributed by atoms with van der Waals surface area (Å²) in [6, 6.07) is 0.356. The molecule has 0 saturated carbocycles. The van der Waals surface area contributed by atoms with Gasteiger partial charge >= 0.3 is 0 Å². The number of rotatable bonds is 4. The highest BCUT2D eigenvalue weighted by atomic mass is 16.2. The maximum atomic E-state index is 11.1. The Bertz CT molecular complexity index is 304. The minimum Gasteiger partial charge on any atom is -0.290 e. The minimum atomic E-state index is -0.304. The van der Waals surface area contributed by atoms with Crippen LogP contribution in [0.2, 0.25) is 0 Å². The van der Waals surface area contributed by atoms with Gasteiger partial charge in [0, 0.05) is 6.20 Å². The second-order valence-electron chi connectivity index (χ2n) is 3.15. The Balaban J connectivity index is 2.81. The van der Waals surface area contributed by atoms with Gasteiger partial charge in [-0.3, -0.25) is 14.9 Å². The molecule has 0 unspecified atom stereocenters. The van der Waals surface area contributed by atoms with Gasteiger partial charge in [0.2, 0.25) is 0 Å². The van der Waals surface area contributed by atoms with E-state index in [1.54, 1.807) is 6.20 Å². The lowest BCUT2D eigenvalue weighted by atomic mass is 10.2. The third kappa shape index (κ3) is 2.11. The van der Waals surface area contributed by atoms with Gasteiger partial charge < -0.3 is 0 Å². The van der Waals surface area contributed by atoms with Crippen LogP contribution in [0.5, 0.6) is 0 Å². The summed E-state index contributed by atoms with van der Waals surface area (Å²) in [6.45, 7) is 4.19. The summed E-state index contributed by atoms with van der Waals surface area (Å²) in [5, 5.41) is 4.13. The molecule has 0 bridgehead atoms. The predicted molar refractivity (Wildman–Crippen MR) is 53.5 cm³/mol. The molecule has 0 atom stereocenters. The quantitative estimate of drug-likeness (QED) is 0.426. The van der Waals surface area contributed by atoms with E-state index >= 15 is 0 Å². The normalized spacial score (nSPS) is 10.6. The van der Waals surface area contributed by atoms with Gasteiger partial charge in [-0.25, -0.2) is 5.84 Å². The van der Waals surface area contributed by atoms with Crippen molar-refractivity contribution in [2.24, 2.45) is 5.84 Å². The van der Waals surface area contributed by atoms with Gasteiger partial charge in [0.05, 0.1) is 17.8 Å². The highest BCUT2D eigenvalue weighted by Gasteiger charge is 2.11. The molecule has 5 nitrogen and oxygen atoms in total. The molecule has 0 saturated heterocycles. The fraction of sp³-hybridized carbons (Fsp3) is 0.556. The molecule has 3 N–H and O–H groups in total. The van der Waals surface area contributed by atoms with Crippen LogP contribution >= 0.6 is 0 Å². The Kier molecular flexibility index (Phi) is 3.64. The zero-order valence-electron chi connectivity index (χ0n) is 8.53. The van der Waals surface area contributed by atoms with Crippen LogP contribution in [0.25, 0.3) is 0 Å². The number of nitrogens with zero attached hydrogens (tertiary/aromatic N) is 2. The predicted octanol–water partition coefficient (Wildman–Crippen LogP) is 0.848. The molecule has 78 valence electrons. The molecule has 0 spiro atoms. The molecule has 0 aromatic carbocycles. The van der Waals surface area contributed by atoms with E-state index < -0.39 is 0 Å². The van der Waals surface area contributed by atoms with Gasteiger partial charge in [-0.15, -0.1) is 0 Å². The number of carbonyl (C=O) groups excluding carboxylic acids is 1. The SMILES string of the molecule is CCC(CC)n1cc(C(=O)NN)cn1. The first-order chi connectivity index (χ1) is 6.72. The van der Waals surface area contributed by atoms with Crippen LogP contribution in [-0.4, -0.2) is 15.7 Å². The minimum absolute atomic E-state index is 0.304. The topological polar surface area (TPSA) is 72.9 Å². The number of nitrogens with two attached hydrogens (primary N) is 1. The Morgan fingerprint density at radius 3 is 2.79 bits per heavy atom. The maximum Gasteiger partial charge on any atom is 0.268 e. The molecule has 0 aliphatic heterocycles. The molecule has 1 aromatic rings. The van der Waals surface area contributed by atoms with Crippen molar-refractivity contribution in [2.45, 2.75) is 32.7 Å². The zero-order valence-corrected chi connectivity index (χ0v) is 8.53. The largest absolute Gasteiger partial charge is 0.290 e. The Labute approximate surface area is 83.2 Å². The molecule has 0 aliphatic rings. The van der Waals surface area contributed by atoms with Crippen molar-refractivity contribution >= 4 is 5.91 Å². The standard InChI is InChI=1S/C9H16N4O/c1-3-8(4-2)13-6-7(5-11-13)9(14)12-10/h5-6,8H,3-4,10H2,1-2H3,(H,12,14). The first kappa shape index (κ1) is 10.7. The molecule has 1 rings (SSSR count). The second-order valence-corrected chi connectivity index (χ2v) is 3.15. The fourth-order valence-corrected chi connectivity index (χ4v) is 1.40. The van der Waals surface area contributed by atoms with Crippen LogP contribution in [0, 0.1) is 0 Å². The number of hydrazine groups is 1. The van der Waals surface area contributed by atoms with Crippen LogP contribution in [0.3, 0.4) is 0 Å². The number of hydrogen-bond donors (Lipinski definition) is 2. The van der Waals surface area contributed by atoms with E-state index in [1.165, 1.54) is 6.20 Å². The van der Waals surface area contributed by atoms with Crippen molar-refractivity contribution in [3.63, 3.8) is 0 Å². The summed E-state index contributed by atoms with van der Waals surface area (Å²) in [6.07, 6.45) is 5.25. The fourth-order valence-electron chi connectivity index (χ4n) is 1.40. The molecule has 0 fully saturated rings. The van der Waals surface area contributed by atoms with Gasteiger partial charge in [-0.2, -0.15) is 5.10 Å². The number of amides is 1. The number of carbonyl (C=O) groups is 1. The third-order valence-corrected chi connectivity index (χ3v) is 2.31. The van der Waals surface area contributed by atoms with E-state index in [0.717, 1.165) is 12.8 Å². The lowest BCUT2D eigenvalue weighted by Gasteiger charge is -2.11. The third-order valence-electron chi connectivity index (χ3n) is 2.31. The molecule has 1 heterocycles. The molecule has 0 radical (unpaired) electrons. The zero-order chi connectivity index (χ0) is 10.6. The summed E-state index contributed by atoms with van der Waals surface area (Å²) in [5.41, 5.74) is 2.58. The lowest BCUT2D eigenvalue weighted by Crippen LogP contribution is -2.29. The van der Waals surface area contributed by atoms with Gasteiger partial charge in [0.25, 0.3) is 5.91 Å². The van der Waals surface area contributed by atoms with E-state index in [0.29, 0.717) is 11.6 Å². The highest BCUT2D eigenvalue weighted by molar-refractivity contribution is 5.93. The molecule has 14 heavy (non-hydrogen) atoms. The number of aromatic nitrogens is 2. The monoisotopic (exact) mass is 196 g/mol. The molecular formula is C9H16N4O. The lowest BCUT2D eigenvalue weighted by molar-refractivity contribution is 0.0953. The first-order valence-corrected chi connectivity index (χ1v) is 4.78. The summed E-state index contributed by atoms with van der Waals surface area (Å²) >= 11 is 0. The number of hydrogen-bond acceptors (Lipinski definition) is 3. The molecule has 5 heteroatoms. The van der Waals surface area contributed by atoms with E-state index in [4.69, 9.17) is 5.84 Å². The van der Waals surface area contributed by atoms with Crippen LogP contribution in [0.15, 0.2) is 12.4 Å². The smallest absolute Gasteiger partial charge is 0.268 e. The maximum absolute atomic E-state index is 11.1. The van der Waals surface area contributed by atoms with Crippen molar-refractivity contribution in [2.75, 3.05) is 0 Å². The molecule has 1 amide bonds. The number of nitrogens with one attached hydrogen (secondary N) is 1. The van der Waals surface area contributed by atoms with Gasteiger partial charge in [0.15, 0.2) is 0 Å². The first-order valence-electron chi connectivity index (χ1n) is 4.78. The second kappa shape index (κ2) is 4.76. The number of nitrogen functional groups attached to an aromatic ring is 1. The van der Waals surface area contributed by atoms with E-state index in [-0.39, 0.29) is 5.91 Å². The highest BCUT2D eigenvalue weighted by Crippen LogP contribution is 2.14. The van der Waals surface area contributed by atoms with Crippen molar-refractivity contribution in [3.8, 4) is 0 Å². The average molecular weight is 196 g/mol. The van der Waals surface area contributed by atoms with Crippen molar-refractivity contribution in [1.82, 2.24) is 15.2 Å². The molecule has 1 aromatic heterocycles. The Morgan fingerprint density at radius 2 is 2.29 bits per heavy atom. The van der Waals surface area contributed by atoms with Crippen LogP contribution in [0.4, 0.5) is 0 Å². The molecular weight excluding hydrogens is 180 g/mol. The van der Waals surface area contributed by atoms with Gasteiger partial charge in [0.1, 0.15) is 0 Å². The van der Waals surface area contributed by atoms with E-state index in [1.807, 2.05) is 4.68 Å². The Morgan fingerprint density at radius 1 is 1.64 bits per heavy atom.